The highest BCUT2D eigenvalue weighted by molar-refractivity contribution is 6.30. The topological polar surface area (TPSA) is 33.2 Å². The second-order valence-corrected chi connectivity index (χ2v) is 5.39. The number of benzene rings is 1. The van der Waals surface area contributed by atoms with Crippen LogP contribution in [0.3, 0.4) is 0 Å². The highest BCUT2D eigenvalue weighted by Gasteiger charge is 2.27. The van der Waals surface area contributed by atoms with Gasteiger partial charge in [0.2, 0.25) is 0 Å². The minimum absolute atomic E-state index is 0.0606. The lowest BCUT2D eigenvalue weighted by atomic mass is 10.1. The van der Waals surface area contributed by atoms with Crippen molar-refractivity contribution in [1.82, 2.24) is 9.88 Å². The van der Waals surface area contributed by atoms with Gasteiger partial charge in [-0.3, -0.25) is 4.79 Å². The van der Waals surface area contributed by atoms with Gasteiger partial charge in [-0.2, -0.15) is 0 Å². The maximum atomic E-state index is 12.7. The number of pyridine rings is 1. The molecule has 1 aromatic heterocycles. The van der Waals surface area contributed by atoms with Crippen molar-refractivity contribution in [2.45, 2.75) is 25.8 Å². The molecule has 0 N–H and O–H groups in total. The molecule has 4 heteroatoms. The van der Waals surface area contributed by atoms with Gasteiger partial charge in [0.25, 0.3) is 5.91 Å². The Hall–Kier alpha value is -1.61. The third-order valence-electron chi connectivity index (χ3n) is 3.73. The maximum Gasteiger partial charge on any atom is 0.254 e. The number of hydrogen-bond acceptors (Lipinski definition) is 2. The molecule has 0 bridgehead atoms. The van der Waals surface area contributed by atoms with Gasteiger partial charge < -0.3 is 4.90 Å². The summed E-state index contributed by atoms with van der Waals surface area (Å²) >= 11 is 6.03. The summed E-state index contributed by atoms with van der Waals surface area (Å²) in [5.74, 6) is 0.0606. The average Bonchev–Trinajstić information content (AvgIpc) is 2.83. The van der Waals surface area contributed by atoms with Crippen molar-refractivity contribution in [2.24, 2.45) is 0 Å². The molecule has 1 saturated heterocycles. The van der Waals surface area contributed by atoms with Gasteiger partial charge in [0.1, 0.15) is 5.15 Å². The lowest BCUT2D eigenvalue weighted by Gasteiger charge is -2.22. The molecule has 1 atom stereocenters. The first-order chi connectivity index (χ1) is 9.16. The van der Waals surface area contributed by atoms with Crippen molar-refractivity contribution in [3.05, 3.63) is 41.0 Å². The molecule has 2 heterocycles. The van der Waals surface area contributed by atoms with E-state index in [2.05, 4.69) is 11.9 Å². The van der Waals surface area contributed by atoms with Gasteiger partial charge in [-0.25, -0.2) is 4.98 Å². The molecule has 98 valence electrons. The molecule has 0 radical (unpaired) electrons. The summed E-state index contributed by atoms with van der Waals surface area (Å²) in [5.41, 5.74) is 1.43. The van der Waals surface area contributed by atoms with Gasteiger partial charge in [0.05, 0.1) is 11.1 Å². The number of carbonyl (C=O) groups excluding carboxylic acids is 1. The van der Waals surface area contributed by atoms with Crippen LogP contribution in [-0.4, -0.2) is 28.4 Å². The molecule has 1 unspecified atom stereocenters. The average molecular weight is 275 g/mol. The third kappa shape index (κ3) is 2.19. The van der Waals surface area contributed by atoms with E-state index in [0.29, 0.717) is 16.8 Å². The number of aromatic nitrogens is 1. The fourth-order valence-corrected chi connectivity index (χ4v) is 2.91. The number of hydrogen-bond donors (Lipinski definition) is 0. The first kappa shape index (κ1) is 12.4. The van der Waals surface area contributed by atoms with Crippen molar-refractivity contribution < 1.29 is 4.79 Å². The normalized spacial score (nSPS) is 19.1. The maximum absolute atomic E-state index is 12.7. The van der Waals surface area contributed by atoms with E-state index >= 15 is 0 Å². The summed E-state index contributed by atoms with van der Waals surface area (Å²) in [7, 11) is 0. The van der Waals surface area contributed by atoms with Gasteiger partial charge >= 0.3 is 0 Å². The van der Waals surface area contributed by atoms with E-state index in [1.54, 1.807) is 6.07 Å². The summed E-state index contributed by atoms with van der Waals surface area (Å²) in [6.07, 6.45) is 2.14. The van der Waals surface area contributed by atoms with Gasteiger partial charge in [-0.1, -0.05) is 29.8 Å². The molecule has 2 aromatic rings. The first-order valence-electron chi connectivity index (χ1n) is 6.53. The predicted octanol–water partition coefficient (Wildman–Crippen LogP) is 3.51. The molecule has 3 rings (SSSR count). The Morgan fingerprint density at radius 3 is 2.95 bits per heavy atom. The van der Waals surface area contributed by atoms with Crippen LogP contribution in [0.5, 0.6) is 0 Å². The Bertz CT molecular complexity index is 641. The van der Waals surface area contributed by atoms with Crippen molar-refractivity contribution in [1.29, 1.82) is 0 Å². The fourth-order valence-electron chi connectivity index (χ4n) is 2.71. The molecule has 19 heavy (non-hydrogen) atoms. The Labute approximate surface area is 117 Å². The van der Waals surface area contributed by atoms with E-state index in [0.717, 1.165) is 30.3 Å². The number of likely N-dealkylation sites (tertiary alicyclic amines) is 1. The van der Waals surface area contributed by atoms with E-state index in [1.807, 2.05) is 29.2 Å². The van der Waals surface area contributed by atoms with Gasteiger partial charge in [-0.05, 0) is 31.9 Å². The molecule has 1 amide bonds. The molecule has 1 aliphatic heterocycles. The fraction of sp³-hybridized carbons (Fsp3) is 0.333. The van der Waals surface area contributed by atoms with Crippen LogP contribution in [0, 0.1) is 0 Å². The minimum Gasteiger partial charge on any atom is -0.336 e. The molecule has 1 aliphatic rings. The van der Waals surface area contributed by atoms with Crippen molar-refractivity contribution in [2.75, 3.05) is 6.54 Å². The summed E-state index contributed by atoms with van der Waals surface area (Å²) in [6, 6.07) is 9.61. The zero-order valence-corrected chi connectivity index (χ0v) is 11.5. The molecule has 0 aliphatic carbocycles. The molecular formula is C15H15ClN2O. The van der Waals surface area contributed by atoms with Crippen LogP contribution in [0.25, 0.3) is 10.9 Å². The molecule has 1 aromatic carbocycles. The summed E-state index contributed by atoms with van der Waals surface area (Å²) in [4.78, 5) is 18.9. The van der Waals surface area contributed by atoms with E-state index in [4.69, 9.17) is 11.6 Å². The minimum atomic E-state index is 0.0606. The standard InChI is InChI=1S/C15H15ClN2O/c1-10-5-4-8-18(10)15(19)12-9-14(16)17-13-7-3-2-6-11(12)13/h2-3,6-7,9-10H,4-5,8H2,1H3. The van der Waals surface area contributed by atoms with E-state index in [1.165, 1.54) is 0 Å². The van der Waals surface area contributed by atoms with E-state index in [-0.39, 0.29) is 5.91 Å². The van der Waals surface area contributed by atoms with Crippen molar-refractivity contribution in [3.8, 4) is 0 Å². The molecule has 1 fully saturated rings. The highest BCUT2D eigenvalue weighted by Crippen LogP contribution is 2.25. The second kappa shape index (κ2) is 4.82. The first-order valence-corrected chi connectivity index (χ1v) is 6.91. The number of rotatable bonds is 1. The highest BCUT2D eigenvalue weighted by atomic mass is 35.5. The van der Waals surface area contributed by atoms with Crippen molar-refractivity contribution >= 4 is 28.4 Å². The zero-order chi connectivity index (χ0) is 13.4. The van der Waals surface area contributed by atoms with Crippen LogP contribution in [0.1, 0.15) is 30.1 Å². The van der Waals surface area contributed by atoms with Crippen LogP contribution in [0.2, 0.25) is 5.15 Å². The largest absolute Gasteiger partial charge is 0.336 e. The van der Waals surface area contributed by atoms with Gasteiger partial charge in [0.15, 0.2) is 0 Å². The predicted molar refractivity (Wildman–Crippen MR) is 76.5 cm³/mol. The molecule has 3 nitrogen and oxygen atoms in total. The molecular weight excluding hydrogens is 260 g/mol. The number of halogens is 1. The number of para-hydroxylation sites is 1. The monoisotopic (exact) mass is 274 g/mol. The second-order valence-electron chi connectivity index (χ2n) is 5.00. The number of fused-ring (bicyclic) bond motifs is 1. The van der Waals surface area contributed by atoms with Crippen LogP contribution in [-0.2, 0) is 0 Å². The van der Waals surface area contributed by atoms with E-state index in [9.17, 15) is 4.79 Å². The van der Waals surface area contributed by atoms with Crippen LogP contribution >= 0.6 is 11.6 Å². The van der Waals surface area contributed by atoms with Crippen LogP contribution in [0.15, 0.2) is 30.3 Å². The lowest BCUT2D eigenvalue weighted by Crippen LogP contribution is -2.33. The van der Waals surface area contributed by atoms with Crippen molar-refractivity contribution in [3.63, 3.8) is 0 Å². The van der Waals surface area contributed by atoms with Gasteiger partial charge in [0, 0.05) is 18.0 Å². The molecule has 0 spiro atoms. The van der Waals surface area contributed by atoms with E-state index < -0.39 is 0 Å². The quantitative estimate of drug-likeness (QED) is 0.746. The number of carbonyl (C=O) groups is 1. The van der Waals surface area contributed by atoms with Gasteiger partial charge in [-0.15, -0.1) is 0 Å². The summed E-state index contributed by atoms with van der Waals surface area (Å²) < 4.78 is 0. The summed E-state index contributed by atoms with van der Waals surface area (Å²) in [6.45, 7) is 2.92. The van der Waals surface area contributed by atoms with Crippen LogP contribution < -0.4 is 0 Å². The third-order valence-corrected chi connectivity index (χ3v) is 3.92. The number of nitrogens with zero attached hydrogens (tertiary/aromatic N) is 2. The SMILES string of the molecule is CC1CCCN1C(=O)c1cc(Cl)nc2ccccc12. The Morgan fingerprint density at radius 2 is 2.21 bits per heavy atom. The zero-order valence-electron chi connectivity index (χ0n) is 10.8. The Kier molecular flexibility index (Phi) is 3.15. The summed E-state index contributed by atoms with van der Waals surface area (Å²) in [5, 5.41) is 1.24. The number of amides is 1. The Balaban J connectivity index is 2.11. The Morgan fingerprint density at radius 1 is 1.42 bits per heavy atom. The molecule has 0 saturated carbocycles. The van der Waals surface area contributed by atoms with Crippen LogP contribution in [0.4, 0.5) is 0 Å². The lowest BCUT2D eigenvalue weighted by molar-refractivity contribution is 0.0749. The smallest absolute Gasteiger partial charge is 0.254 e.